The van der Waals surface area contributed by atoms with Crippen molar-refractivity contribution in [2.24, 2.45) is 11.8 Å². The first-order valence-electron chi connectivity index (χ1n) is 7.68. The number of carbonyl (C=O) groups excluding carboxylic acids is 1. The normalized spacial score (nSPS) is 35.8. The fourth-order valence-electron chi connectivity index (χ4n) is 4.07. The summed E-state index contributed by atoms with van der Waals surface area (Å²) in [7, 11) is 0. The van der Waals surface area contributed by atoms with Gasteiger partial charge < -0.3 is 10.1 Å². The minimum Gasteiger partial charge on any atom is -0.375 e. The average Bonchev–Trinajstić information content (AvgIpc) is 2.87. The highest BCUT2D eigenvalue weighted by atomic mass is 16.5. The number of nitrogens with one attached hydrogen (secondary N) is 1. The van der Waals surface area contributed by atoms with Crippen LogP contribution in [0.15, 0.2) is 0 Å². The predicted octanol–water partition coefficient (Wildman–Crippen LogP) is 2.29. The van der Waals surface area contributed by atoms with E-state index in [1.807, 2.05) is 0 Å². The maximum Gasteiger partial charge on any atom is 0.140 e. The number of hydrogen-bond donors (Lipinski definition) is 1. The van der Waals surface area contributed by atoms with Crippen molar-refractivity contribution in [2.45, 2.75) is 57.0 Å². The van der Waals surface area contributed by atoms with Crippen LogP contribution in [0.2, 0.25) is 0 Å². The van der Waals surface area contributed by atoms with Crippen LogP contribution in [0.4, 0.5) is 0 Å². The summed E-state index contributed by atoms with van der Waals surface area (Å²) < 4.78 is 6.03. The van der Waals surface area contributed by atoms with Gasteiger partial charge in [-0.2, -0.15) is 0 Å². The Labute approximate surface area is 110 Å². The number of piperidine rings is 1. The lowest BCUT2D eigenvalue weighted by atomic mass is 9.77. The standard InChI is InChI=1S/C15H25NO2/c17-14(13-4-3-8-16-11-13)12-5-9-18-15(10-12)6-1-2-7-15/h12-13,16H,1-11H2. The van der Waals surface area contributed by atoms with Gasteiger partial charge in [0, 0.05) is 25.0 Å². The summed E-state index contributed by atoms with van der Waals surface area (Å²) in [6.07, 6.45) is 9.14. The van der Waals surface area contributed by atoms with Gasteiger partial charge in [-0.1, -0.05) is 12.8 Å². The molecular weight excluding hydrogens is 226 g/mol. The monoisotopic (exact) mass is 251 g/mol. The van der Waals surface area contributed by atoms with Crippen molar-refractivity contribution in [1.82, 2.24) is 5.32 Å². The summed E-state index contributed by atoms with van der Waals surface area (Å²) in [4.78, 5) is 12.6. The van der Waals surface area contributed by atoms with E-state index in [4.69, 9.17) is 4.74 Å². The van der Waals surface area contributed by atoms with Crippen molar-refractivity contribution in [2.75, 3.05) is 19.7 Å². The summed E-state index contributed by atoms with van der Waals surface area (Å²) in [5.41, 5.74) is 0.0840. The van der Waals surface area contributed by atoms with Gasteiger partial charge in [0.15, 0.2) is 0 Å². The maximum atomic E-state index is 12.6. The summed E-state index contributed by atoms with van der Waals surface area (Å²) in [5, 5.41) is 3.36. The largest absolute Gasteiger partial charge is 0.375 e. The molecule has 102 valence electrons. The van der Waals surface area contributed by atoms with E-state index in [1.54, 1.807) is 0 Å². The Balaban J connectivity index is 1.62. The lowest BCUT2D eigenvalue weighted by Crippen LogP contribution is -2.44. The molecule has 0 radical (unpaired) electrons. The molecule has 0 aromatic carbocycles. The summed E-state index contributed by atoms with van der Waals surface area (Å²) >= 11 is 0. The van der Waals surface area contributed by atoms with Gasteiger partial charge in [-0.3, -0.25) is 4.79 Å². The van der Waals surface area contributed by atoms with Gasteiger partial charge in [-0.15, -0.1) is 0 Å². The van der Waals surface area contributed by atoms with Crippen LogP contribution < -0.4 is 5.32 Å². The fraction of sp³-hybridized carbons (Fsp3) is 0.933. The fourth-order valence-corrected chi connectivity index (χ4v) is 4.07. The lowest BCUT2D eigenvalue weighted by Gasteiger charge is -2.39. The second-order valence-electron chi connectivity index (χ2n) is 6.37. The molecule has 1 aliphatic carbocycles. The highest BCUT2D eigenvalue weighted by Crippen LogP contribution is 2.42. The molecule has 0 aromatic heterocycles. The second-order valence-corrected chi connectivity index (χ2v) is 6.37. The van der Waals surface area contributed by atoms with Gasteiger partial charge in [0.25, 0.3) is 0 Å². The highest BCUT2D eigenvalue weighted by molar-refractivity contribution is 5.84. The Morgan fingerprint density at radius 3 is 2.67 bits per heavy atom. The Morgan fingerprint density at radius 1 is 1.11 bits per heavy atom. The van der Waals surface area contributed by atoms with E-state index in [2.05, 4.69) is 5.32 Å². The van der Waals surface area contributed by atoms with Crippen molar-refractivity contribution in [3.8, 4) is 0 Å². The molecule has 0 bridgehead atoms. The van der Waals surface area contributed by atoms with E-state index < -0.39 is 0 Å². The highest BCUT2D eigenvalue weighted by Gasteiger charge is 2.43. The number of rotatable bonds is 2. The Kier molecular flexibility index (Phi) is 3.71. The second kappa shape index (κ2) is 5.30. The predicted molar refractivity (Wildman–Crippen MR) is 70.5 cm³/mol. The van der Waals surface area contributed by atoms with Gasteiger partial charge in [-0.25, -0.2) is 0 Å². The van der Waals surface area contributed by atoms with Gasteiger partial charge >= 0.3 is 0 Å². The zero-order valence-electron chi connectivity index (χ0n) is 11.2. The van der Waals surface area contributed by atoms with Crippen LogP contribution in [0.5, 0.6) is 0 Å². The van der Waals surface area contributed by atoms with E-state index >= 15 is 0 Å². The molecule has 3 nitrogen and oxygen atoms in total. The Hall–Kier alpha value is -0.410. The minimum atomic E-state index is 0.0840. The van der Waals surface area contributed by atoms with Crippen molar-refractivity contribution in [1.29, 1.82) is 0 Å². The molecule has 2 aliphatic heterocycles. The molecule has 0 amide bonds. The molecule has 0 aromatic rings. The first-order valence-corrected chi connectivity index (χ1v) is 7.68. The van der Waals surface area contributed by atoms with Gasteiger partial charge in [0.05, 0.1) is 5.60 Å². The third kappa shape index (κ3) is 2.48. The van der Waals surface area contributed by atoms with E-state index in [0.717, 1.165) is 45.4 Å². The van der Waals surface area contributed by atoms with Gasteiger partial charge in [0.1, 0.15) is 5.78 Å². The average molecular weight is 251 g/mol. The number of ketones is 1. The lowest BCUT2D eigenvalue weighted by molar-refractivity contribution is -0.140. The van der Waals surface area contributed by atoms with Crippen LogP contribution in [-0.2, 0) is 9.53 Å². The molecule has 1 spiro atoms. The van der Waals surface area contributed by atoms with Crippen LogP contribution in [-0.4, -0.2) is 31.1 Å². The zero-order valence-corrected chi connectivity index (χ0v) is 11.2. The first kappa shape index (κ1) is 12.6. The molecule has 1 N–H and O–H groups in total. The summed E-state index contributed by atoms with van der Waals surface area (Å²) in [6, 6.07) is 0. The molecule has 18 heavy (non-hydrogen) atoms. The molecule has 2 unspecified atom stereocenters. The number of ether oxygens (including phenoxy) is 1. The van der Waals surface area contributed by atoms with Crippen LogP contribution in [0.3, 0.4) is 0 Å². The third-order valence-electron chi connectivity index (χ3n) is 5.11. The molecule has 3 fully saturated rings. The third-order valence-corrected chi connectivity index (χ3v) is 5.11. The van der Waals surface area contributed by atoms with E-state index in [0.29, 0.717) is 5.78 Å². The summed E-state index contributed by atoms with van der Waals surface area (Å²) in [5.74, 6) is 1.08. The van der Waals surface area contributed by atoms with Crippen LogP contribution >= 0.6 is 0 Å². The quantitative estimate of drug-likeness (QED) is 0.818. The van der Waals surface area contributed by atoms with Crippen LogP contribution in [0.25, 0.3) is 0 Å². The molecule has 3 heteroatoms. The smallest absolute Gasteiger partial charge is 0.140 e. The maximum absolute atomic E-state index is 12.6. The SMILES string of the molecule is O=C(C1CCCNC1)C1CCOC2(CCCC2)C1. The van der Waals surface area contributed by atoms with Crippen molar-refractivity contribution in [3.05, 3.63) is 0 Å². The topological polar surface area (TPSA) is 38.3 Å². The Bertz CT molecular complexity index is 304. The number of carbonyl (C=O) groups is 1. The molecular formula is C15H25NO2. The van der Waals surface area contributed by atoms with Gasteiger partial charge in [-0.05, 0) is 45.1 Å². The molecule has 3 rings (SSSR count). The number of hydrogen-bond acceptors (Lipinski definition) is 3. The van der Waals surface area contributed by atoms with Crippen molar-refractivity contribution in [3.63, 3.8) is 0 Å². The van der Waals surface area contributed by atoms with Crippen molar-refractivity contribution >= 4 is 5.78 Å². The van der Waals surface area contributed by atoms with E-state index in [9.17, 15) is 4.79 Å². The molecule has 2 heterocycles. The van der Waals surface area contributed by atoms with Crippen LogP contribution in [0, 0.1) is 11.8 Å². The summed E-state index contributed by atoms with van der Waals surface area (Å²) in [6.45, 7) is 2.79. The molecule has 3 aliphatic rings. The first-order chi connectivity index (χ1) is 8.79. The van der Waals surface area contributed by atoms with Crippen LogP contribution in [0.1, 0.15) is 51.4 Å². The minimum absolute atomic E-state index is 0.0840. The Morgan fingerprint density at radius 2 is 1.94 bits per heavy atom. The molecule has 1 saturated carbocycles. The van der Waals surface area contributed by atoms with E-state index in [1.165, 1.54) is 25.7 Å². The van der Waals surface area contributed by atoms with E-state index in [-0.39, 0.29) is 17.4 Å². The molecule has 2 saturated heterocycles. The number of Topliss-reactive ketones (excluding diaryl/α,β-unsaturated/α-hetero) is 1. The van der Waals surface area contributed by atoms with Crippen molar-refractivity contribution < 1.29 is 9.53 Å². The van der Waals surface area contributed by atoms with Gasteiger partial charge in [0.2, 0.25) is 0 Å². The zero-order chi connectivity index (χ0) is 12.4. The molecule has 2 atom stereocenters.